The van der Waals surface area contributed by atoms with E-state index in [1.54, 1.807) is 0 Å². The third-order valence-electron chi connectivity index (χ3n) is 7.84. The molecule has 2 aliphatic heterocycles. The first-order chi connectivity index (χ1) is 12.6. The second kappa shape index (κ2) is 6.09. The number of rotatable bonds is 3. The van der Waals surface area contributed by atoms with E-state index in [0.717, 1.165) is 45.3 Å². The molecule has 5 rings (SSSR count). The minimum absolute atomic E-state index is 0.288. The summed E-state index contributed by atoms with van der Waals surface area (Å²) < 4.78 is 0. The SMILES string of the molecule is CC1(c2ccc(C3CCN(C(=O)C4CC5(CCCN5)C4)CC3)cc2)CC1. The van der Waals surface area contributed by atoms with Crippen LogP contribution in [0, 0.1) is 5.92 Å². The summed E-state index contributed by atoms with van der Waals surface area (Å²) in [5, 5.41) is 3.63. The lowest BCUT2D eigenvalue weighted by Crippen LogP contribution is -2.56. The maximum absolute atomic E-state index is 12.8. The molecule has 2 saturated heterocycles. The van der Waals surface area contributed by atoms with Crippen molar-refractivity contribution >= 4 is 5.91 Å². The average Bonchev–Trinajstić information content (AvgIpc) is 3.20. The molecule has 0 radical (unpaired) electrons. The van der Waals surface area contributed by atoms with Crippen LogP contribution in [0.15, 0.2) is 24.3 Å². The highest BCUT2D eigenvalue weighted by Crippen LogP contribution is 2.48. The van der Waals surface area contributed by atoms with Crippen LogP contribution >= 0.6 is 0 Å². The van der Waals surface area contributed by atoms with Crippen LogP contribution in [-0.2, 0) is 10.2 Å². The summed E-state index contributed by atoms with van der Waals surface area (Å²) in [7, 11) is 0. The number of piperidine rings is 1. The number of nitrogens with zero attached hydrogens (tertiary/aromatic N) is 1. The quantitative estimate of drug-likeness (QED) is 0.892. The van der Waals surface area contributed by atoms with Crippen LogP contribution in [0.5, 0.6) is 0 Å². The van der Waals surface area contributed by atoms with Gasteiger partial charge in [0, 0.05) is 24.5 Å². The molecular formula is C23H32N2O. The molecular weight excluding hydrogens is 320 g/mol. The van der Waals surface area contributed by atoms with Gasteiger partial charge in [0.15, 0.2) is 0 Å². The maximum Gasteiger partial charge on any atom is 0.225 e. The number of hydrogen-bond donors (Lipinski definition) is 1. The Morgan fingerprint density at radius 1 is 1.08 bits per heavy atom. The first-order valence-corrected chi connectivity index (χ1v) is 10.7. The predicted molar refractivity (Wildman–Crippen MR) is 104 cm³/mol. The molecule has 1 amide bonds. The molecule has 3 nitrogen and oxygen atoms in total. The Bertz CT molecular complexity index is 669. The van der Waals surface area contributed by atoms with Crippen molar-refractivity contribution in [3.05, 3.63) is 35.4 Å². The normalized spacial score (nSPS) is 33.3. The van der Waals surface area contributed by atoms with Gasteiger partial charge in [-0.3, -0.25) is 4.79 Å². The van der Waals surface area contributed by atoms with Gasteiger partial charge in [0.2, 0.25) is 5.91 Å². The third kappa shape index (κ3) is 2.89. The van der Waals surface area contributed by atoms with Gasteiger partial charge in [-0.15, -0.1) is 0 Å². The van der Waals surface area contributed by atoms with Crippen LogP contribution in [0.4, 0.5) is 0 Å². The Kier molecular flexibility index (Phi) is 3.93. The Morgan fingerprint density at radius 3 is 2.35 bits per heavy atom. The molecule has 2 aliphatic carbocycles. The van der Waals surface area contributed by atoms with Gasteiger partial charge in [-0.2, -0.15) is 0 Å². The molecule has 0 aromatic heterocycles. The summed E-state index contributed by atoms with van der Waals surface area (Å²) in [6.07, 6.45) is 9.63. The lowest BCUT2D eigenvalue weighted by molar-refractivity contribution is -0.142. The number of carbonyl (C=O) groups excluding carboxylic acids is 1. The summed E-state index contributed by atoms with van der Waals surface area (Å²) in [6, 6.07) is 9.40. The van der Waals surface area contributed by atoms with Gasteiger partial charge in [0.1, 0.15) is 0 Å². The van der Waals surface area contributed by atoms with Gasteiger partial charge >= 0.3 is 0 Å². The zero-order chi connectivity index (χ0) is 17.8. The molecule has 0 unspecified atom stereocenters. The van der Waals surface area contributed by atoms with Gasteiger partial charge in [-0.25, -0.2) is 0 Å². The molecule has 3 heteroatoms. The fraction of sp³-hybridized carbons (Fsp3) is 0.696. The van der Waals surface area contributed by atoms with Gasteiger partial charge in [0.05, 0.1) is 0 Å². The topological polar surface area (TPSA) is 32.3 Å². The monoisotopic (exact) mass is 352 g/mol. The third-order valence-corrected chi connectivity index (χ3v) is 7.84. The Hall–Kier alpha value is -1.35. The van der Waals surface area contributed by atoms with Crippen LogP contribution in [0.25, 0.3) is 0 Å². The number of amides is 1. The van der Waals surface area contributed by atoms with E-state index >= 15 is 0 Å². The number of hydrogen-bond acceptors (Lipinski definition) is 2. The molecule has 2 heterocycles. The van der Waals surface area contributed by atoms with Crippen molar-refractivity contribution in [3.63, 3.8) is 0 Å². The van der Waals surface area contributed by atoms with Crippen LogP contribution < -0.4 is 5.32 Å². The van der Waals surface area contributed by atoms with Crippen molar-refractivity contribution < 1.29 is 4.79 Å². The predicted octanol–water partition coefficient (Wildman–Crippen LogP) is 3.98. The fourth-order valence-corrected chi connectivity index (χ4v) is 5.60. The Balaban J connectivity index is 1.14. The van der Waals surface area contributed by atoms with Crippen LogP contribution in [0.3, 0.4) is 0 Å². The zero-order valence-corrected chi connectivity index (χ0v) is 16.1. The fourth-order valence-electron chi connectivity index (χ4n) is 5.60. The first kappa shape index (κ1) is 16.8. The number of benzene rings is 1. The van der Waals surface area contributed by atoms with Crippen LogP contribution in [-0.4, -0.2) is 36.0 Å². The highest BCUT2D eigenvalue weighted by atomic mass is 16.2. The van der Waals surface area contributed by atoms with E-state index in [1.807, 2.05) is 0 Å². The highest BCUT2D eigenvalue weighted by molar-refractivity contribution is 5.80. The van der Waals surface area contributed by atoms with E-state index in [1.165, 1.54) is 36.8 Å². The van der Waals surface area contributed by atoms with Crippen LogP contribution in [0.1, 0.15) is 75.3 Å². The molecule has 1 aromatic carbocycles. The van der Waals surface area contributed by atoms with E-state index in [-0.39, 0.29) is 5.92 Å². The summed E-state index contributed by atoms with van der Waals surface area (Å²) in [4.78, 5) is 15.0. The highest BCUT2D eigenvalue weighted by Gasteiger charge is 2.49. The Labute approximate surface area is 157 Å². The standard InChI is InChI=1S/C23H32N2O/c1-22(10-11-22)20-5-3-17(4-6-20)18-7-13-25(14-8-18)21(26)19-15-23(16-19)9-2-12-24-23/h3-6,18-19,24H,2,7-16H2,1H3. The second-order valence-electron chi connectivity index (χ2n) is 9.70. The van der Waals surface area contributed by atoms with E-state index < -0.39 is 0 Å². The molecule has 140 valence electrons. The summed E-state index contributed by atoms with van der Waals surface area (Å²) in [5.74, 6) is 1.35. The van der Waals surface area contributed by atoms with Crippen molar-refractivity contribution in [1.29, 1.82) is 0 Å². The average molecular weight is 353 g/mol. The molecule has 4 aliphatic rings. The van der Waals surface area contributed by atoms with Gasteiger partial charge < -0.3 is 10.2 Å². The van der Waals surface area contributed by atoms with Gasteiger partial charge in [-0.1, -0.05) is 31.2 Å². The second-order valence-corrected chi connectivity index (χ2v) is 9.70. The van der Waals surface area contributed by atoms with Crippen molar-refractivity contribution in [3.8, 4) is 0 Å². The van der Waals surface area contributed by atoms with E-state index in [4.69, 9.17) is 0 Å². The molecule has 1 N–H and O–H groups in total. The van der Waals surface area contributed by atoms with Crippen molar-refractivity contribution in [2.24, 2.45) is 5.92 Å². The molecule has 1 spiro atoms. The number of likely N-dealkylation sites (tertiary alicyclic amines) is 1. The summed E-state index contributed by atoms with van der Waals surface area (Å²) in [5.41, 5.74) is 3.78. The summed E-state index contributed by atoms with van der Waals surface area (Å²) >= 11 is 0. The van der Waals surface area contributed by atoms with Crippen LogP contribution in [0.2, 0.25) is 0 Å². The smallest absolute Gasteiger partial charge is 0.225 e. The van der Waals surface area contributed by atoms with E-state index in [2.05, 4.69) is 41.4 Å². The minimum atomic E-state index is 0.288. The molecule has 4 fully saturated rings. The van der Waals surface area contributed by atoms with Crippen molar-refractivity contribution in [1.82, 2.24) is 10.2 Å². The molecule has 1 aromatic rings. The van der Waals surface area contributed by atoms with E-state index in [9.17, 15) is 4.79 Å². The number of carbonyl (C=O) groups is 1. The van der Waals surface area contributed by atoms with Gasteiger partial charge in [-0.05, 0) is 80.4 Å². The van der Waals surface area contributed by atoms with E-state index in [0.29, 0.717) is 22.8 Å². The lowest BCUT2D eigenvalue weighted by atomic mass is 9.67. The molecule has 26 heavy (non-hydrogen) atoms. The molecule has 0 bridgehead atoms. The molecule has 0 atom stereocenters. The lowest BCUT2D eigenvalue weighted by Gasteiger charge is -2.47. The largest absolute Gasteiger partial charge is 0.342 e. The van der Waals surface area contributed by atoms with Crippen molar-refractivity contribution in [2.45, 2.75) is 75.2 Å². The van der Waals surface area contributed by atoms with Crippen molar-refractivity contribution in [2.75, 3.05) is 19.6 Å². The number of nitrogens with one attached hydrogen (secondary N) is 1. The Morgan fingerprint density at radius 2 is 1.77 bits per heavy atom. The first-order valence-electron chi connectivity index (χ1n) is 10.7. The van der Waals surface area contributed by atoms with Gasteiger partial charge in [0.25, 0.3) is 0 Å². The minimum Gasteiger partial charge on any atom is -0.342 e. The zero-order valence-electron chi connectivity index (χ0n) is 16.1. The maximum atomic E-state index is 12.8. The summed E-state index contributed by atoms with van der Waals surface area (Å²) in [6.45, 7) is 5.40. The molecule has 2 saturated carbocycles.